The van der Waals surface area contributed by atoms with Gasteiger partial charge in [-0.2, -0.15) is 0 Å². The summed E-state index contributed by atoms with van der Waals surface area (Å²) in [6.07, 6.45) is 6.60. The first-order valence-corrected chi connectivity index (χ1v) is 8.72. The number of aliphatic carboxylic acids is 1. The number of nitrogens with one attached hydrogen (secondary N) is 1. The van der Waals surface area contributed by atoms with Crippen LogP contribution in [0.25, 0.3) is 5.57 Å². The summed E-state index contributed by atoms with van der Waals surface area (Å²) in [5.41, 5.74) is 3.60. The van der Waals surface area contributed by atoms with Gasteiger partial charge in [-0.15, -0.1) is 0 Å². The predicted molar refractivity (Wildman–Crippen MR) is 106 cm³/mol. The molecule has 1 aliphatic heterocycles. The van der Waals surface area contributed by atoms with Crippen LogP contribution in [0.2, 0.25) is 0 Å². The number of unbranched alkanes of at least 4 members (excludes halogenated alkanes) is 1. The summed E-state index contributed by atoms with van der Waals surface area (Å²) in [6.45, 7) is 3.78. The normalized spacial score (nSPS) is 15.1. The van der Waals surface area contributed by atoms with Gasteiger partial charge in [-0.05, 0) is 50.1 Å². The van der Waals surface area contributed by atoms with Crippen LogP contribution in [0.1, 0.15) is 44.2 Å². The first-order chi connectivity index (χ1) is 13.0. The number of anilines is 1. The van der Waals surface area contributed by atoms with Crippen LogP contribution < -0.4 is 5.32 Å². The second-order valence-corrected chi connectivity index (χ2v) is 6.04. The van der Waals surface area contributed by atoms with Crippen LogP contribution >= 0.6 is 0 Å². The molecule has 1 amide bonds. The van der Waals surface area contributed by atoms with E-state index in [2.05, 4.69) is 17.2 Å². The lowest BCUT2D eigenvalue weighted by Crippen LogP contribution is -2.04. The summed E-state index contributed by atoms with van der Waals surface area (Å²) >= 11 is 0. The number of rotatable bonds is 6. The molecule has 27 heavy (non-hydrogen) atoms. The van der Waals surface area contributed by atoms with E-state index in [1.165, 1.54) is 0 Å². The average Bonchev–Trinajstić information content (AvgIpc) is 2.95. The molecule has 140 valence electrons. The molecule has 0 radical (unpaired) electrons. The molecule has 0 saturated carbocycles. The zero-order valence-corrected chi connectivity index (χ0v) is 15.8. The maximum absolute atomic E-state index is 12.5. The third-order valence-electron chi connectivity index (χ3n) is 4.03. The van der Waals surface area contributed by atoms with Gasteiger partial charge in [0.15, 0.2) is 0 Å². The standard InChI is InChI=1S/C22H23NO4/c1-4-9-19(27-3)15(2)14-17-21-16(10-6-5-7-13-20(24)25)11-8-12-18(21)23-22(17)26/h4,8-9,11-12,14H,5,7,13H2,1-3H3,(H,23,26)(H,24,25)/b9-4-,17-14-,19-15-. The van der Waals surface area contributed by atoms with Crippen LogP contribution in [-0.2, 0) is 14.3 Å². The highest BCUT2D eigenvalue weighted by molar-refractivity contribution is 6.32. The third-order valence-corrected chi connectivity index (χ3v) is 4.03. The first-order valence-electron chi connectivity index (χ1n) is 8.72. The van der Waals surface area contributed by atoms with Crippen molar-refractivity contribution in [3.8, 4) is 11.8 Å². The molecule has 0 saturated heterocycles. The zero-order valence-electron chi connectivity index (χ0n) is 15.8. The van der Waals surface area contributed by atoms with Crippen molar-refractivity contribution in [2.24, 2.45) is 0 Å². The number of ether oxygens (including phenoxy) is 1. The van der Waals surface area contributed by atoms with E-state index in [1.807, 2.05) is 44.2 Å². The largest absolute Gasteiger partial charge is 0.497 e. The Morgan fingerprint density at radius 1 is 1.37 bits per heavy atom. The van der Waals surface area contributed by atoms with Crippen molar-refractivity contribution in [2.75, 3.05) is 12.4 Å². The fourth-order valence-electron chi connectivity index (χ4n) is 2.78. The zero-order chi connectivity index (χ0) is 19.8. The molecule has 0 aromatic heterocycles. The third kappa shape index (κ3) is 5.11. The molecule has 0 fully saturated rings. The topological polar surface area (TPSA) is 75.6 Å². The van der Waals surface area contributed by atoms with Crippen molar-refractivity contribution >= 4 is 23.1 Å². The molecule has 0 spiro atoms. The molecular formula is C22H23NO4. The van der Waals surface area contributed by atoms with Crippen LogP contribution in [0, 0.1) is 11.8 Å². The quantitative estimate of drug-likeness (QED) is 0.261. The molecule has 0 atom stereocenters. The van der Waals surface area contributed by atoms with Crippen LogP contribution in [-0.4, -0.2) is 24.1 Å². The Labute approximate surface area is 159 Å². The second kappa shape index (κ2) is 9.44. The molecule has 5 nitrogen and oxygen atoms in total. The Balaban J connectivity index is 2.39. The van der Waals surface area contributed by atoms with Crippen molar-refractivity contribution in [1.82, 2.24) is 0 Å². The molecule has 0 bridgehead atoms. The number of hydrogen-bond acceptors (Lipinski definition) is 3. The maximum atomic E-state index is 12.5. The number of hydrogen-bond donors (Lipinski definition) is 2. The molecule has 2 N–H and O–H groups in total. The Morgan fingerprint density at radius 3 is 2.81 bits per heavy atom. The maximum Gasteiger partial charge on any atom is 0.303 e. The van der Waals surface area contributed by atoms with Gasteiger partial charge >= 0.3 is 5.97 Å². The summed E-state index contributed by atoms with van der Waals surface area (Å²) in [5, 5.41) is 11.6. The van der Waals surface area contributed by atoms with Gasteiger partial charge in [0.05, 0.1) is 18.4 Å². The van der Waals surface area contributed by atoms with E-state index in [0.717, 1.165) is 22.4 Å². The molecule has 5 heteroatoms. The fraction of sp³-hybridized carbons (Fsp3) is 0.273. The summed E-state index contributed by atoms with van der Waals surface area (Å²) < 4.78 is 5.37. The minimum atomic E-state index is -0.824. The van der Waals surface area contributed by atoms with Crippen molar-refractivity contribution in [1.29, 1.82) is 0 Å². The molecule has 1 aromatic rings. The van der Waals surface area contributed by atoms with Gasteiger partial charge < -0.3 is 15.2 Å². The Hall–Kier alpha value is -3.26. The summed E-state index contributed by atoms with van der Waals surface area (Å²) in [7, 11) is 1.59. The van der Waals surface area contributed by atoms with Crippen LogP contribution in [0.5, 0.6) is 0 Å². The second-order valence-electron chi connectivity index (χ2n) is 6.04. The fourth-order valence-corrected chi connectivity index (χ4v) is 2.78. The number of carbonyl (C=O) groups is 2. The highest BCUT2D eigenvalue weighted by Crippen LogP contribution is 2.35. The number of carbonyl (C=O) groups excluding carboxylic acids is 1. The Kier molecular flexibility index (Phi) is 7.01. The lowest BCUT2D eigenvalue weighted by atomic mass is 9.98. The number of carboxylic acid groups (broad SMARTS) is 1. The minimum Gasteiger partial charge on any atom is -0.497 e. The minimum absolute atomic E-state index is 0.0987. The Morgan fingerprint density at radius 2 is 2.15 bits per heavy atom. The molecule has 0 unspecified atom stereocenters. The van der Waals surface area contributed by atoms with Crippen molar-refractivity contribution in [2.45, 2.75) is 33.1 Å². The van der Waals surface area contributed by atoms with Crippen molar-refractivity contribution in [3.63, 3.8) is 0 Å². The van der Waals surface area contributed by atoms with E-state index in [9.17, 15) is 9.59 Å². The van der Waals surface area contributed by atoms with Gasteiger partial charge in [0.2, 0.25) is 0 Å². The monoisotopic (exact) mass is 365 g/mol. The smallest absolute Gasteiger partial charge is 0.303 e. The Bertz CT molecular complexity index is 895. The van der Waals surface area contributed by atoms with Crippen LogP contribution in [0.15, 0.2) is 47.8 Å². The van der Waals surface area contributed by atoms with Gasteiger partial charge in [0, 0.05) is 24.0 Å². The van der Waals surface area contributed by atoms with Gasteiger partial charge in [-0.3, -0.25) is 9.59 Å². The van der Waals surface area contributed by atoms with E-state index >= 15 is 0 Å². The number of allylic oxidation sites excluding steroid dienone is 4. The number of methoxy groups -OCH3 is 1. The molecule has 2 rings (SSSR count). The van der Waals surface area contributed by atoms with Crippen molar-refractivity contribution in [3.05, 3.63) is 58.9 Å². The van der Waals surface area contributed by atoms with E-state index in [-0.39, 0.29) is 12.3 Å². The summed E-state index contributed by atoms with van der Waals surface area (Å²) in [4.78, 5) is 23.0. The van der Waals surface area contributed by atoms with E-state index in [0.29, 0.717) is 24.2 Å². The van der Waals surface area contributed by atoms with E-state index < -0.39 is 5.97 Å². The number of carboxylic acids is 1. The lowest BCUT2D eigenvalue weighted by molar-refractivity contribution is -0.137. The summed E-state index contributed by atoms with van der Waals surface area (Å²) in [6, 6.07) is 5.54. The van der Waals surface area contributed by atoms with Gasteiger partial charge in [-0.1, -0.05) is 24.0 Å². The van der Waals surface area contributed by atoms with E-state index in [4.69, 9.17) is 9.84 Å². The number of fused-ring (bicyclic) bond motifs is 1. The number of amides is 1. The molecular weight excluding hydrogens is 342 g/mol. The van der Waals surface area contributed by atoms with Crippen LogP contribution in [0.4, 0.5) is 5.69 Å². The highest BCUT2D eigenvalue weighted by Gasteiger charge is 2.26. The first kappa shape index (κ1) is 20.1. The lowest BCUT2D eigenvalue weighted by Gasteiger charge is -2.06. The molecule has 1 heterocycles. The van der Waals surface area contributed by atoms with Crippen molar-refractivity contribution < 1.29 is 19.4 Å². The highest BCUT2D eigenvalue weighted by atomic mass is 16.5. The van der Waals surface area contributed by atoms with Crippen LogP contribution in [0.3, 0.4) is 0 Å². The van der Waals surface area contributed by atoms with E-state index in [1.54, 1.807) is 13.2 Å². The number of benzene rings is 1. The summed E-state index contributed by atoms with van der Waals surface area (Å²) in [5.74, 6) is 5.76. The van der Waals surface area contributed by atoms with Gasteiger partial charge in [-0.25, -0.2) is 0 Å². The van der Waals surface area contributed by atoms with Gasteiger partial charge in [0.1, 0.15) is 5.76 Å². The molecule has 0 aliphatic carbocycles. The predicted octanol–water partition coefficient (Wildman–Crippen LogP) is 4.13. The molecule has 1 aromatic carbocycles. The van der Waals surface area contributed by atoms with Gasteiger partial charge in [0.25, 0.3) is 5.91 Å². The average molecular weight is 365 g/mol. The molecule has 1 aliphatic rings. The SMILES string of the molecule is C\C=C/C(OC)=C(C)/C=C1\C(=O)Nc2cccc(C#CCCCC(=O)O)c21.